The summed E-state index contributed by atoms with van der Waals surface area (Å²) in [7, 11) is 0. The van der Waals surface area contributed by atoms with Crippen molar-refractivity contribution in [2.24, 2.45) is 5.41 Å². The summed E-state index contributed by atoms with van der Waals surface area (Å²) < 4.78 is 0. The first-order valence-electron chi connectivity index (χ1n) is 8.24. The lowest BCUT2D eigenvalue weighted by Gasteiger charge is -2.34. The van der Waals surface area contributed by atoms with Crippen LogP contribution in [0.15, 0.2) is 42.5 Å². The highest BCUT2D eigenvalue weighted by molar-refractivity contribution is 5.82. The lowest BCUT2D eigenvalue weighted by molar-refractivity contribution is 0.199. The maximum atomic E-state index is 3.60. The number of rotatable bonds is 2. The normalized spacial score (nSPS) is 26.7. The van der Waals surface area contributed by atoms with Gasteiger partial charge in [0, 0.05) is 19.6 Å². The van der Waals surface area contributed by atoms with Crippen LogP contribution in [0.2, 0.25) is 0 Å². The monoisotopic (exact) mass is 280 g/mol. The fourth-order valence-electron chi connectivity index (χ4n) is 4.14. The van der Waals surface area contributed by atoms with Crippen molar-refractivity contribution in [3.8, 4) is 0 Å². The van der Waals surface area contributed by atoms with Gasteiger partial charge in [-0.1, -0.05) is 36.4 Å². The van der Waals surface area contributed by atoms with Crippen molar-refractivity contribution in [3.63, 3.8) is 0 Å². The third-order valence-electron chi connectivity index (χ3n) is 5.30. The van der Waals surface area contributed by atoms with Gasteiger partial charge in [-0.05, 0) is 60.2 Å². The minimum atomic E-state index is 0.565. The summed E-state index contributed by atoms with van der Waals surface area (Å²) in [5.41, 5.74) is 2.02. The first-order chi connectivity index (χ1) is 10.3. The molecule has 2 saturated heterocycles. The van der Waals surface area contributed by atoms with E-state index in [0.29, 0.717) is 5.41 Å². The molecule has 2 heterocycles. The number of nitrogens with one attached hydrogen (secondary N) is 1. The number of piperidine rings is 1. The quantitative estimate of drug-likeness (QED) is 0.907. The zero-order chi connectivity index (χ0) is 14.1. The molecule has 2 aliphatic rings. The largest absolute Gasteiger partial charge is 0.316 e. The second kappa shape index (κ2) is 5.43. The zero-order valence-electron chi connectivity index (χ0n) is 12.6. The molecule has 0 unspecified atom stereocenters. The predicted octanol–water partition coefficient (Wildman–Crippen LogP) is 3.42. The van der Waals surface area contributed by atoms with Crippen LogP contribution in [-0.4, -0.2) is 31.1 Å². The Labute approximate surface area is 127 Å². The Balaban J connectivity index is 1.48. The number of hydrogen-bond donors (Lipinski definition) is 1. The fourth-order valence-corrected chi connectivity index (χ4v) is 4.14. The van der Waals surface area contributed by atoms with Crippen molar-refractivity contribution in [2.75, 3.05) is 26.2 Å². The van der Waals surface area contributed by atoms with Crippen LogP contribution in [0, 0.1) is 5.41 Å². The molecule has 0 aliphatic carbocycles. The molecule has 2 aromatic carbocycles. The molecule has 0 aromatic heterocycles. The maximum Gasteiger partial charge on any atom is 0.0234 e. The van der Waals surface area contributed by atoms with E-state index < -0.39 is 0 Å². The molecule has 2 aliphatic heterocycles. The van der Waals surface area contributed by atoms with E-state index in [4.69, 9.17) is 0 Å². The summed E-state index contributed by atoms with van der Waals surface area (Å²) in [5, 5.41) is 6.31. The highest BCUT2D eigenvalue weighted by Gasteiger charge is 2.38. The van der Waals surface area contributed by atoms with Gasteiger partial charge >= 0.3 is 0 Å². The topological polar surface area (TPSA) is 15.3 Å². The molecular weight excluding hydrogens is 256 g/mol. The van der Waals surface area contributed by atoms with Gasteiger partial charge in [-0.15, -0.1) is 0 Å². The summed E-state index contributed by atoms with van der Waals surface area (Å²) in [5.74, 6) is 0. The first kappa shape index (κ1) is 13.3. The van der Waals surface area contributed by atoms with Crippen LogP contribution in [0.5, 0.6) is 0 Å². The van der Waals surface area contributed by atoms with Crippen molar-refractivity contribution in [3.05, 3.63) is 48.0 Å². The van der Waals surface area contributed by atoms with Crippen molar-refractivity contribution >= 4 is 10.8 Å². The Morgan fingerprint density at radius 2 is 1.95 bits per heavy atom. The van der Waals surface area contributed by atoms with E-state index in [2.05, 4.69) is 52.7 Å². The van der Waals surface area contributed by atoms with Gasteiger partial charge in [0.2, 0.25) is 0 Å². The Kier molecular flexibility index (Phi) is 3.44. The standard InChI is InChI=1S/C19H24N2/c1-2-5-18-12-16(6-7-17(18)4-1)13-21-11-9-19(15-21)8-3-10-20-14-19/h1-2,4-7,12,20H,3,8-11,13-15H2/t19-/m1/s1. The zero-order valence-corrected chi connectivity index (χ0v) is 12.6. The summed E-state index contributed by atoms with van der Waals surface area (Å²) >= 11 is 0. The molecule has 2 fully saturated rings. The SMILES string of the molecule is c1ccc2cc(CN3CC[C@@]4(CCCNC4)C3)ccc2c1. The van der Waals surface area contributed by atoms with Crippen LogP contribution in [0.4, 0.5) is 0 Å². The second-order valence-electron chi connectivity index (χ2n) is 6.92. The van der Waals surface area contributed by atoms with Crippen molar-refractivity contribution in [1.29, 1.82) is 0 Å². The fraction of sp³-hybridized carbons (Fsp3) is 0.474. The average molecular weight is 280 g/mol. The van der Waals surface area contributed by atoms with Crippen molar-refractivity contribution < 1.29 is 0 Å². The lowest BCUT2D eigenvalue weighted by Crippen LogP contribution is -2.41. The van der Waals surface area contributed by atoms with Crippen LogP contribution in [0.25, 0.3) is 10.8 Å². The third kappa shape index (κ3) is 2.70. The summed E-state index contributed by atoms with van der Waals surface area (Å²) in [6.45, 7) is 6.07. The van der Waals surface area contributed by atoms with Gasteiger partial charge in [-0.2, -0.15) is 0 Å². The van der Waals surface area contributed by atoms with Gasteiger partial charge in [0.15, 0.2) is 0 Å². The molecule has 21 heavy (non-hydrogen) atoms. The highest BCUT2D eigenvalue weighted by Crippen LogP contribution is 2.37. The molecule has 1 spiro atoms. The Hall–Kier alpha value is -1.38. The molecular formula is C19H24N2. The first-order valence-corrected chi connectivity index (χ1v) is 8.24. The number of nitrogens with zero attached hydrogens (tertiary/aromatic N) is 1. The van der Waals surface area contributed by atoms with E-state index >= 15 is 0 Å². The maximum absolute atomic E-state index is 3.60. The Bertz CT molecular complexity index is 628. The molecule has 0 saturated carbocycles. The third-order valence-corrected chi connectivity index (χ3v) is 5.30. The lowest BCUT2D eigenvalue weighted by atomic mass is 9.80. The van der Waals surface area contributed by atoms with Crippen LogP contribution < -0.4 is 5.32 Å². The van der Waals surface area contributed by atoms with E-state index in [1.165, 1.54) is 61.8 Å². The van der Waals surface area contributed by atoms with Crippen molar-refractivity contribution in [2.45, 2.75) is 25.8 Å². The molecule has 1 atom stereocenters. The molecule has 110 valence electrons. The number of benzene rings is 2. The van der Waals surface area contributed by atoms with E-state index in [1.807, 2.05) is 0 Å². The minimum absolute atomic E-state index is 0.565. The van der Waals surface area contributed by atoms with Crippen LogP contribution in [0.1, 0.15) is 24.8 Å². The molecule has 0 radical (unpaired) electrons. The van der Waals surface area contributed by atoms with E-state index in [9.17, 15) is 0 Å². The highest BCUT2D eigenvalue weighted by atomic mass is 15.2. The summed E-state index contributed by atoms with van der Waals surface area (Å²) in [6.07, 6.45) is 4.13. The summed E-state index contributed by atoms with van der Waals surface area (Å²) in [4.78, 5) is 2.65. The van der Waals surface area contributed by atoms with E-state index in [1.54, 1.807) is 0 Å². The van der Waals surface area contributed by atoms with E-state index in [-0.39, 0.29) is 0 Å². The van der Waals surface area contributed by atoms with Gasteiger partial charge in [-0.3, -0.25) is 4.90 Å². The van der Waals surface area contributed by atoms with Crippen LogP contribution in [0.3, 0.4) is 0 Å². The molecule has 1 N–H and O–H groups in total. The molecule has 0 amide bonds. The van der Waals surface area contributed by atoms with Gasteiger partial charge < -0.3 is 5.32 Å². The minimum Gasteiger partial charge on any atom is -0.316 e. The van der Waals surface area contributed by atoms with Gasteiger partial charge in [-0.25, -0.2) is 0 Å². The van der Waals surface area contributed by atoms with Crippen molar-refractivity contribution in [1.82, 2.24) is 10.2 Å². The molecule has 2 heteroatoms. The summed E-state index contributed by atoms with van der Waals surface area (Å²) in [6, 6.07) is 15.6. The number of fused-ring (bicyclic) bond motifs is 1. The van der Waals surface area contributed by atoms with Crippen LogP contribution >= 0.6 is 0 Å². The van der Waals surface area contributed by atoms with E-state index in [0.717, 1.165) is 6.54 Å². The van der Waals surface area contributed by atoms with Crippen LogP contribution in [-0.2, 0) is 6.54 Å². The molecule has 2 nitrogen and oxygen atoms in total. The molecule has 4 rings (SSSR count). The molecule has 2 aromatic rings. The van der Waals surface area contributed by atoms with Gasteiger partial charge in [0.1, 0.15) is 0 Å². The number of hydrogen-bond acceptors (Lipinski definition) is 2. The smallest absolute Gasteiger partial charge is 0.0234 e. The molecule has 0 bridgehead atoms. The van der Waals surface area contributed by atoms with Gasteiger partial charge in [0.05, 0.1) is 0 Å². The predicted molar refractivity (Wildman–Crippen MR) is 88.4 cm³/mol. The number of likely N-dealkylation sites (tertiary alicyclic amines) is 1. The Morgan fingerprint density at radius 3 is 2.81 bits per heavy atom. The van der Waals surface area contributed by atoms with Gasteiger partial charge in [0.25, 0.3) is 0 Å². The second-order valence-corrected chi connectivity index (χ2v) is 6.92. The Morgan fingerprint density at radius 1 is 1.05 bits per heavy atom. The average Bonchev–Trinajstić information content (AvgIpc) is 2.90.